The Hall–Kier alpha value is -1.92. The molecular weight excluding hydrogens is 294 g/mol. The van der Waals surface area contributed by atoms with Crippen molar-refractivity contribution in [2.45, 2.75) is 57.9 Å². The van der Waals surface area contributed by atoms with Crippen LogP contribution in [-0.2, 0) is 0 Å². The summed E-state index contributed by atoms with van der Waals surface area (Å²) in [5, 5.41) is 14.9. The highest BCUT2D eigenvalue weighted by Crippen LogP contribution is 2.35. The Kier molecular flexibility index (Phi) is 4.93. The van der Waals surface area contributed by atoms with E-state index in [-0.39, 0.29) is 16.7 Å². The summed E-state index contributed by atoms with van der Waals surface area (Å²) in [7, 11) is 0. The molecule has 0 spiro atoms. The van der Waals surface area contributed by atoms with Crippen LogP contribution in [0.3, 0.4) is 0 Å². The molecule has 3 rings (SSSR count). The molecule has 0 unspecified atom stereocenters. The van der Waals surface area contributed by atoms with Crippen LogP contribution in [0.25, 0.3) is 0 Å². The van der Waals surface area contributed by atoms with Gasteiger partial charge in [0.05, 0.1) is 4.92 Å². The van der Waals surface area contributed by atoms with E-state index in [9.17, 15) is 10.1 Å². The van der Waals surface area contributed by atoms with Gasteiger partial charge < -0.3 is 10.2 Å². The van der Waals surface area contributed by atoms with Crippen LogP contribution >= 0.6 is 0 Å². The Morgan fingerprint density at radius 3 is 2.52 bits per heavy atom. The second-order valence-electron chi connectivity index (χ2n) is 6.80. The molecule has 7 heteroatoms. The van der Waals surface area contributed by atoms with Crippen molar-refractivity contribution < 1.29 is 4.92 Å². The third-order valence-corrected chi connectivity index (χ3v) is 5.01. The van der Waals surface area contributed by atoms with Crippen molar-refractivity contribution in [3.63, 3.8) is 0 Å². The third kappa shape index (κ3) is 3.71. The van der Waals surface area contributed by atoms with E-state index in [1.54, 1.807) is 0 Å². The molecule has 2 heterocycles. The Labute approximate surface area is 136 Å². The largest absolute Gasteiger partial charge is 0.361 e. The molecule has 0 bridgehead atoms. The van der Waals surface area contributed by atoms with Gasteiger partial charge >= 0.3 is 5.69 Å². The average Bonchev–Trinajstić information content (AvgIpc) is 2.56. The summed E-state index contributed by atoms with van der Waals surface area (Å²) in [4.78, 5) is 21.8. The van der Waals surface area contributed by atoms with Gasteiger partial charge in [0.1, 0.15) is 6.33 Å². The average molecular weight is 319 g/mol. The molecule has 1 aliphatic heterocycles. The first kappa shape index (κ1) is 16.0. The van der Waals surface area contributed by atoms with E-state index < -0.39 is 0 Å². The van der Waals surface area contributed by atoms with Gasteiger partial charge in [-0.05, 0) is 31.6 Å². The van der Waals surface area contributed by atoms with Gasteiger partial charge in [-0.3, -0.25) is 10.1 Å². The van der Waals surface area contributed by atoms with E-state index in [0.29, 0.717) is 17.6 Å². The number of rotatable bonds is 4. The Morgan fingerprint density at radius 2 is 1.87 bits per heavy atom. The predicted molar refractivity (Wildman–Crippen MR) is 89.8 cm³/mol. The van der Waals surface area contributed by atoms with Crippen LogP contribution in [0.4, 0.5) is 17.3 Å². The number of hydrogen-bond acceptors (Lipinski definition) is 6. The van der Waals surface area contributed by atoms with Crippen LogP contribution in [0, 0.1) is 16.0 Å². The number of nitrogens with zero attached hydrogens (tertiary/aromatic N) is 4. The molecule has 126 valence electrons. The first-order chi connectivity index (χ1) is 11.1. The summed E-state index contributed by atoms with van der Waals surface area (Å²) in [6.45, 7) is 3.87. The predicted octanol–water partition coefficient (Wildman–Crippen LogP) is 3.37. The first-order valence-electron chi connectivity index (χ1n) is 8.66. The fourth-order valence-electron chi connectivity index (χ4n) is 3.54. The minimum atomic E-state index is -0.335. The molecule has 1 aromatic heterocycles. The zero-order valence-corrected chi connectivity index (χ0v) is 13.7. The number of hydrogen-bond donors (Lipinski definition) is 1. The molecule has 1 aliphatic carbocycles. The monoisotopic (exact) mass is 319 g/mol. The summed E-state index contributed by atoms with van der Waals surface area (Å²) in [5.41, 5.74) is 0.0348. The van der Waals surface area contributed by atoms with Crippen LogP contribution in [-0.4, -0.2) is 34.0 Å². The maximum atomic E-state index is 11.7. The van der Waals surface area contributed by atoms with Crippen LogP contribution in [0.1, 0.15) is 51.9 Å². The molecule has 1 saturated carbocycles. The maximum absolute atomic E-state index is 11.7. The van der Waals surface area contributed by atoms with Crippen LogP contribution < -0.4 is 10.2 Å². The minimum absolute atomic E-state index is 0.0348. The molecular formula is C16H25N5O2. The Bertz CT molecular complexity index is 551. The molecule has 0 aromatic carbocycles. The van der Waals surface area contributed by atoms with Gasteiger partial charge in [0, 0.05) is 19.1 Å². The van der Waals surface area contributed by atoms with Crippen LogP contribution in [0.2, 0.25) is 0 Å². The van der Waals surface area contributed by atoms with E-state index in [0.717, 1.165) is 38.8 Å². The highest BCUT2D eigenvalue weighted by Gasteiger charge is 2.30. The summed E-state index contributed by atoms with van der Waals surface area (Å²) < 4.78 is 0. The number of nitro groups is 1. The molecule has 2 fully saturated rings. The quantitative estimate of drug-likeness (QED) is 0.676. The van der Waals surface area contributed by atoms with E-state index >= 15 is 0 Å². The van der Waals surface area contributed by atoms with Crippen molar-refractivity contribution in [1.82, 2.24) is 9.97 Å². The summed E-state index contributed by atoms with van der Waals surface area (Å²) in [5.74, 6) is 1.52. The van der Waals surface area contributed by atoms with Gasteiger partial charge in [0.2, 0.25) is 11.6 Å². The van der Waals surface area contributed by atoms with Crippen molar-refractivity contribution in [1.29, 1.82) is 0 Å². The molecule has 1 N–H and O–H groups in total. The molecule has 2 aliphatic rings. The second-order valence-corrected chi connectivity index (χ2v) is 6.80. The van der Waals surface area contributed by atoms with Crippen LogP contribution in [0.5, 0.6) is 0 Å². The fourth-order valence-corrected chi connectivity index (χ4v) is 3.54. The van der Waals surface area contributed by atoms with Gasteiger partial charge in [-0.15, -0.1) is 0 Å². The molecule has 1 aromatic rings. The lowest BCUT2D eigenvalue weighted by Gasteiger charge is -2.31. The Balaban J connectivity index is 1.84. The number of aromatic nitrogens is 2. The smallest absolute Gasteiger partial charge is 0.353 e. The van der Waals surface area contributed by atoms with Gasteiger partial charge in [-0.2, -0.15) is 0 Å². The standard InChI is InChI=1S/C16H25N5O2/c1-12-7-9-20(10-8-12)16-14(21(22)23)15(17-11-18-16)19-13-5-3-2-4-6-13/h11-13H,2-10H2,1H3,(H,17,18,19). The highest BCUT2D eigenvalue weighted by atomic mass is 16.6. The summed E-state index contributed by atoms with van der Waals surface area (Å²) >= 11 is 0. The molecule has 0 atom stereocenters. The number of nitrogens with one attached hydrogen (secondary N) is 1. The fraction of sp³-hybridized carbons (Fsp3) is 0.750. The molecule has 1 saturated heterocycles. The SMILES string of the molecule is CC1CCN(c2ncnc(NC3CCCCC3)c2[N+](=O)[O-])CC1. The van der Waals surface area contributed by atoms with E-state index in [2.05, 4.69) is 22.2 Å². The normalized spacial score (nSPS) is 20.5. The molecule has 23 heavy (non-hydrogen) atoms. The lowest BCUT2D eigenvalue weighted by Crippen LogP contribution is -2.34. The lowest BCUT2D eigenvalue weighted by atomic mass is 9.95. The van der Waals surface area contributed by atoms with E-state index in [1.165, 1.54) is 25.6 Å². The van der Waals surface area contributed by atoms with E-state index in [4.69, 9.17) is 0 Å². The highest BCUT2D eigenvalue weighted by molar-refractivity contribution is 5.70. The summed E-state index contributed by atoms with van der Waals surface area (Å²) in [6, 6.07) is 0.284. The van der Waals surface area contributed by atoms with Crippen LogP contribution in [0.15, 0.2) is 6.33 Å². The van der Waals surface area contributed by atoms with Gasteiger partial charge in [-0.1, -0.05) is 26.2 Å². The van der Waals surface area contributed by atoms with Gasteiger partial charge in [-0.25, -0.2) is 9.97 Å². The van der Waals surface area contributed by atoms with Gasteiger partial charge in [0.25, 0.3) is 0 Å². The molecule has 0 radical (unpaired) electrons. The zero-order valence-electron chi connectivity index (χ0n) is 13.7. The first-order valence-corrected chi connectivity index (χ1v) is 8.66. The maximum Gasteiger partial charge on any atom is 0.353 e. The Morgan fingerprint density at radius 1 is 1.17 bits per heavy atom. The minimum Gasteiger partial charge on any atom is -0.361 e. The topological polar surface area (TPSA) is 84.2 Å². The van der Waals surface area contributed by atoms with Crippen molar-refractivity contribution in [2.24, 2.45) is 5.92 Å². The number of piperidine rings is 1. The van der Waals surface area contributed by atoms with Crippen molar-refractivity contribution in [3.8, 4) is 0 Å². The third-order valence-electron chi connectivity index (χ3n) is 5.01. The second kappa shape index (κ2) is 7.10. The van der Waals surface area contributed by atoms with Crippen molar-refractivity contribution in [2.75, 3.05) is 23.3 Å². The summed E-state index contributed by atoms with van der Waals surface area (Å²) in [6.07, 6.45) is 9.25. The van der Waals surface area contributed by atoms with Crippen molar-refractivity contribution in [3.05, 3.63) is 16.4 Å². The van der Waals surface area contributed by atoms with Gasteiger partial charge in [0.15, 0.2) is 0 Å². The number of anilines is 2. The lowest BCUT2D eigenvalue weighted by molar-refractivity contribution is -0.383. The molecule has 0 amide bonds. The molecule has 7 nitrogen and oxygen atoms in total. The van der Waals surface area contributed by atoms with E-state index in [1.807, 2.05) is 4.90 Å². The zero-order chi connectivity index (χ0) is 16.2. The van der Waals surface area contributed by atoms with Crippen molar-refractivity contribution >= 4 is 17.3 Å².